The summed E-state index contributed by atoms with van der Waals surface area (Å²) in [6.07, 6.45) is 4.38. The fraction of sp³-hybridized carbons (Fsp3) is 0.818. The van der Waals surface area contributed by atoms with Crippen LogP contribution in [0.2, 0.25) is 0 Å². The molecule has 5 heteroatoms. The molecule has 0 spiro atoms. The van der Waals surface area contributed by atoms with Gasteiger partial charge in [0.1, 0.15) is 5.82 Å². The summed E-state index contributed by atoms with van der Waals surface area (Å²) < 4.78 is 4.15. The van der Waals surface area contributed by atoms with E-state index in [1.807, 2.05) is 6.92 Å². The Morgan fingerprint density at radius 2 is 2.19 bits per heavy atom. The minimum Gasteiger partial charge on any atom is -0.394 e. The maximum atomic E-state index is 9.59. The number of rotatable bonds is 3. The highest BCUT2D eigenvalue weighted by Crippen LogP contribution is 2.34. The van der Waals surface area contributed by atoms with E-state index in [-0.39, 0.29) is 12.1 Å². The third-order valence-corrected chi connectivity index (χ3v) is 4.16. The van der Waals surface area contributed by atoms with Gasteiger partial charge in [0.05, 0.1) is 12.1 Å². The van der Waals surface area contributed by atoms with Crippen molar-refractivity contribution < 1.29 is 5.11 Å². The maximum Gasteiger partial charge on any atom is 0.203 e. The van der Waals surface area contributed by atoms with Crippen LogP contribution in [0, 0.1) is 12.8 Å². The fourth-order valence-corrected chi connectivity index (χ4v) is 2.91. The van der Waals surface area contributed by atoms with Crippen LogP contribution in [0.3, 0.4) is 0 Å². The van der Waals surface area contributed by atoms with Crippen molar-refractivity contribution in [1.82, 2.24) is 9.36 Å². The van der Waals surface area contributed by atoms with Crippen LogP contribution in [0.4, 0.5) is 5.13 Å². The SMILES string of the molecule is Cc1nsc(NC2(CO)CCC(C)CC2)n1. The predicted octanol–water partition coefficient (Wildman–Crippen LogP) is 2.20. The summed E-state index contributed by atoms with van der Waals surface area (Å²) in [4.78, 5) is 4.30. The van der Waals surface area contributed by atoms with E-state index < -0.39 is 0 Å². The van der Waals surface area contributed by atoms with Crippen LogP contribution in [-0.4, -0.2) is 26.6 Å². The van der Waals surface area contributed by atoms with Crippen molar-refractivity contribution in [3.63, 3.8) is 0 Å². The van der Waals surface area contributed by atoms with E-state index >= 15 is 0 Å². The Bertz CT molecular complexity index is 345. The van der Waals surface area contributed by atoms with Gasteiger partial charge in [-0.05, 0) is 38.5 Å². The van der Waals surface area contributed by atoms with Crippen molar-refractivity contribution in [1.29, 1.82) is 0 Å². The zero-order valence-electron chi connectivity index (χ0n) is 9.86. The van der Waals surface area contributed by atoms with Gasteiger partial charge in [-0.15, -0.1) is 0 Å². The molecule has 2 rings (SSSR count). The molecule has 1 aromatic rings. The number of aliphatic hydroxyl groups is 1. The Kier molecular flexibility index (Phi) is 3.44. The van der Waals surface area contributed by atoms with E-state index in [1.54, 1.807) is 0 Å². The Balaban J connectivity index is 2.04. The van der Waals surface area contributed by atoms with Gasteiger partial charge in [0, 0.05) is 11.5 Å². The number of nitrogens with zero attached hydrogens (tertiary/aromatic N) is 2. The zero-order valence-corrected chi connectivity index (χ0v) is 10.7. The standard InChI is InChI=1S/C11H19N3OS/c1-8-3-5-11(7-15,6-4-8)13-10-12-9(2)14-16-10/h8,15H,3-7H2,1-2H3,(H,12,13,14). The molecule has 1 aliphatic carbocycles. The lowest BCUT2D eigenvalue weighted by Crippen LogP contribution is -2.45. The van der Waals surface area contributed by atoms with Crippen LogP contribution >= 0.6 is 11.5 Å². The summed E-state index contributed by atoms with van der Waals surface area (Å²) in [5, 5.41) is 13.8. The summed E-state index contributed by atoms with van der Waals surface area (Å²) in [6, 6.07) is 0. The molecule has 1 aliphatic rings. The second kappa shape index (κ2) is 4.67. The second-order valence-corrected chi connectivity index (χ2v) is 5.64. The van der Waals surface area contributed by atoms with Crippen molar-refractivity contribution in [2.45, 2.75) is 45.1 Å². The van der Waals surface area contributed by atoms with Crippen molar-refractivity contribution >= 4 is 16.7 Å². The Labute approximate surface area is 100 Å². The molecule has 1 fully saturated rings. The van der Waals surface area contributed by atoms with E-state index in [1.165, 1.54) is 24.4 Å². The van der Waals surface area contributed by atoms with Gasteiger partial charge in [0.25, 0.3) is 0 Å². The largest absolute Gasteiger partial charge is 0.394 e. The minimum atomic E-state index is -0.168. The van der Waals surface area contributed by atoms with E-state index in [9.17, 15) is 5.11 Å². The molecule has 2 N–H and O–H groups in total. The van der Waals surface area contributed by atoms with E-state index in [0.29, 0.717) is 0 Å². The molecule has 1 aromatic heterocycles. The highest BCUT2D eigenvalue weighted by molar-refractivity contribution is 7.09. The number of anilines is 1. The maximum absolute atomic E-state index is 9.59. The summed E-state index contributed by atoms with van der Waals surface area (Å²) >= 11 is 1.37. The normalized spacial score (nSPS) is 30.3. The van der Waals surface area contributed by atoms with Crippen molar-refractivity contribution in [2.24, 2.45) is 5.92 Å². The highest BCUT2D eigenvalue weighted by Gasteiger charge is 2.34. The van der Waals surface area contributed by atoms with Gasteiger partial charge in [0.2, 0.25) is 5.13 Å². The van der Waals surface area contributed by atoms with Gasteiger partial charge >= 0.3 is 0 Å². The third-order valence-electron chi connectivity index (χ3n) is 3.43. The van der Waals surface area contributed by atoms with E-state index in [4.69, 9.17) is 0 Å². The van der Waals surface area contributed by atoms with Gasteiger partial charge in [0.15, 0.2) is 0 Å². The third kappa shape index (κ3) is 2.52. The summed E-state index contributed by atoms with van der Waals surface area (Å²) in [5.74, 6) is 1.57. The molecule has 0 unspecified atom stereocenters. The first-order valence-corrected chi connectivity index (χ1v) is 6.60. The molecule has 0 radical (unpaired) electrons. The first-order chi connectivity index (χ1) is 7.63. The first kappa shape index (κ1) is 11.8. The number of aromatic nitrogens is 2. The van der Waals surface area contributed by atoms with Gasteiger partial charge in [-0.3, -0.25) is 0 Å². The number of hydrogen-bond acceptors (Lipinski definition) is 5. The Morgan fingerprint density at radius 3 is 2.69 bits per heavy atom. The topological polar surface area (TPSA) is 58.0 Å². The molecule has 90 valence electrons. The molecule has 16 heavy (non-hydrogen) atoms. The van der Waals surface area contributed by atoms with Crippen LogP contribution in [-0.2, 0) is 0 Å². The Morgan fingerprint density at radius 1 is 1.50 bits per heavy atom. The van der Waals surface area contributed by atoms with Gasteiger partial charge in [-0.2, -0.15) is 4.37 Å². The fourth-order valence-electron chi connectivity index (χ4n) is 2.21. The number of aliphatic hydroxyl groups excluding tert-OH is 1. The highest BCUT2D eigenvalue weighted by atomic mass is 32.1. The number of aryl methyl sites for hydroxylation is 1. The predicted molar refractivity (Wildman–Crippen MR) is 65.7 cm³/mol. The van der Waals surface area contributed by atoms with Gasteiger partial charge in [-0.25, -0.2) is 4.98 Å². The summed E-state index contributed by atoms with van der Waals surface area (Å²) in [6.45, 7) is 4.34. The lowest BCUT2D eigenvalue weighted by Gasteiger charge is -2.38. The van der Waals surface area contributed by atoms with Crippen LogP contribution in [0.15, 0.2) is 0 Å². The minimum absolute atomic E-state index is 0.168. The van der Waals surface area contributed by atoms with Crippen molar-refractivity contribution in [2.75, 3.05) is 11.9 Å². The first-order valence-electron chi connectivity index (χ1n) is 5.83. The molecule has 1 heterocycles. The second-order valence-electron chi connectivity index (χ2n) is 4.89. The molecule has 1 saturated carbocycles. The van der Waals surface area contributed by atoms with Gasteiger partial charge < -0.3 is 10.4 Å². The Hall–Kier alpha value is -0.680. The quantitative estimate of drug-likeness (QED) is 0.851. The lowest BCUT2D eigenvalue weighted by atomic mass is 9.78. The summed E-state index contributed by atoms with van der Waals surface area (Å²) in [5.41, 5.74) is -0.168. The average molecular weight is 241 g/mol. The average Bonchev–Trinajstić information content (AvgIpc) is 2.68. The molecular weight excluding hydrogens is 222 g/mol. The zero-order chi connectivity index (χ0) is 11.6. The molecule has 0 saturated heterocycles. The molecule has 0 aromatic carbocycles. The van der Waals surface area contributed by atoms with Gasteiger partial charge in [-0.1, -0.05) is 6.92 Å². The lowest BCUT2D eigenvalue weighted by molar-refractivity contribution is 0.155. The smallest absolute Gasteiger partial charge is 0.203 e. The number of nitrogens with one attached hydrogen (secondary N) is 1. The van der Waals surface area contributed by atoms with E-state index in [0.717, 1.165) is 29.7 Å². The van der Waals surface area contributed by atoms with Crippen LogP contribution in [0.1, 0.15) is 38.4 Å². The molecule has 0 atom stereocenters. The molecule has 0 aliphatic heterocycles. The van der Waals surface area contributed by atoms with Crippen LogP contribution < -0.4 is 5.32 Å². The molecular formula is C11H19N3OS. The molecule has 4 nitrogen and oxygen atoms in total. The van der Waals surface area contributed by atoms with Crippen molar-refractivity contribution in [3.05, 3.63) is 5.82 Å². The monoisotopic (exact) mass is 241 g/mol. The molecule has 0 amide bonds. The van der Waals surface area contributed by atoms with Crippen LogP contribution in [0.5, 0.6) is 0 Å². The van der Waals surface area contributed by atoms with Crippen LogP contribution in [0.25, 0.3) is 0 Å². The molecule has 0 bridgehead atoms. The summed E-state index contributed by atoms with van der Waals surface area (Å²) in [7, 11) is 0. The van der Waals surface area contributed by atoms with Crippen molar-refractivity contribution in [3.8, 4) is 0 Å². The number of hydrogen-bond donors (Lipinski definition) is 2. The van der Waals surface area contributed by atoms with E-state index in [2.05, 4.69) is 21.6 Å².